The molecule has 1 aliphatic carbocycles. The lowest BCUT2D eigenvalue weighted by Crippen LogP contribution is -2.38. The highest BCUT2D eigenvalue weighted by Crippen LogP contribution is 2.32. The van der Waals surface area contributed by atoms with Gasteiger partial charge in [-0.3, -0.25) is 4.79 Å². The van der Waals surface area contributed by atoms with Crippen molar-refractivity contribution in [3.63, 3.8) is 0 Å². The predicted molar refractivity (Wildman–Crippen MR) is 85.0 cm³/mol. The first-order valence-corrected chi connectivity index (χ1v) is 8.31. The highest BCUT2D eigenvalue weighted by molar-refractivity contribution is 6.30. The minimum absolute atomic E-state index is 0.0404. The highest BCUT2D eigenvalue weighted by atomic mass is 35.5. The van der Waals surface area contributed by atoms with Crippen molar-refractivity contribution in [2.45, 2.75) is 51.7 Å². The number of ether oxygens (including phenoxy) is 2. The van der Waals surface area contributed by atoms with Gasteiger partial charge >= 0.3 is 0 Å². The molecule has 0 spiro atoms. The van der Waals surface area contributed by atoms with Crippen LogP contribution in [-0.4, -0.2) is 18.7 Å². The molecule has 1 aliphatic heterocycles. The Morgan fingerprint density at radius 1 is 1.41 bits per heavy atom. The lowest BCUT2D eigenvalue weighted by Gasteiger charge is -2.27. The summed E-state index contributed by atoms with van der Waals surface area (Å²) in [5.41, 5.74) is 1.75. The van der Waals surface area contributed by atoms with Gasteiger partial charge in [0.15, 0.2) is 6.79 Å². The Morgan fingerprint density at radius 3 is 3.09 bits per heavy atom. The van der Waals surface area contributed by atoms with E-state index in [0.717, 1.165) is 29.7 Å². The van der Waals surface area contributed by atoms with Crippen LogP contribution in [0.5, 0.6) is 5.75 Å². The van der Waals surface area contributed by atoms with E-state index in [4.69, 9.17) is 21.1 Å². The number of fused-ring (bicyclic) bond motifs is 1. The zero-order chi connectivity index (χ0) is 15.5. The zero-order valence-corrected chi connectivity index (χ0v) is 13.6. The molecule has 0 saturated heterocycles. The summed E-state index contributed by atoms with van der Waals surface area (Å²) in [7, 11) is 0. The molecule has 1 saturated carbocycles. The third kappa shape index (κ3) is 3.73. The highest BCUT2D eigenvalue weighted by Gasteiger charge is 2.22. The van der Waals surface area contributed by atoms with Crippen LogP contribution in [0.2, 0.25) is 5.02 Å². The van der Waals surface area contributed by atoms with Gasteiger partial charge in [0.2, 0.25) is 5.91 Å². The molecule has 1 amide bonds. The standard InChI is InChI=1S/C17H22ClNO3/c1-11-3-2-4-15(5-11)19-16(20)8-12-6-14(18)7-13-9-21-10-22-17(12)13/h6-7,11,15H,2-5,8-10H2,1H3,(H,19,20)/t11-,15-/m0/s1. The third-order valence-electron chi connectivity index (χ3n) is 4.40. The van der Waals surface area contributed by atoms with Crippen molar-refractivity contribution in [3.8, 4) is 5.75 Å². The summed E-state index contributed by atoms with van der Waals surface area (Å²) in [5, 5.41) is 3.77. The van der Waals surface area contributed by atoms with E-state index in [1.165, 1.54) is 12.8 Å². The second-order valence-corrected chi connectivity index (χ2v) is 6.81. The van der Waals surface area contributed by atoms with Crippen LogP contribution in [0.3, 0.4) is 0 Å². The van der Waals surface area contributed by atoms with E-state index in [2.05, 4.69) is 12.2 Å². The number of hydrogen-bond donors (Lipinski definition) is 1. The van der Waals surface area contributed by atoms with E-state index >= 15 is 0 Å². The summed E-state index contributed by atoms with van der Waals surface area (Å²) in [4.78, 5) is 12.3. The molecule has 1 fully saturated rings. The summed E-state index contributed by atoms with van der Waals surface area (Å²) in [6, 6.07) is 3.95. The van der Waals surface area contributed by atoms with Crippen molar-refractivity contribution >= 4 is 17.5 Å². The van der Waals surface area contributed by atoms with Crippen molar-refractivity contribution < 1.29 is 14.3 Å². The van der Waals surface area contributed by atoms with Crippen molar-refractivity contribution in [1.82, 2.24) is 5.32 Å². The first kappa shape index (κ1) is 15.6. The lowest BCUT2D eigenvalue weighted by molar-refractivity contribution is -0.121. The van der Waals surface area contributed by atoms with E-state index in [1.54, 1.807) is 0 Å². The lowest BCUT2D eigenvalue weighted by atomic mass is 9.87. The van der Waals surface area contributed by atoms with Gasteiger partial charge < -0.3 is 14.8 Å². The van der Waals surface area contributed by atoms with Crippen molar-refractivity contribution in [1.29, 1.82) is 0 Å². The van der Waals surface area contributed by atoms with Gasteiger partial charge in [0, 0.05) is 22.2 Å². The maximum absolute atomic E-state index is 12.3. The van der Waals surface area contributed by atoms with Crippen LogP contribution in [-0.2, 0) is 22.6 Å². The smallest absolute Gasteiger partial charge is 0.224 e. The van der Waals surface area contributed by atoms with Gasteiger partial charge in [-0.15, -0.1) is 0 Å². The molecule has 2 aliphatic rings. The number of benzene rings is 1. The maximum Gasteiger partial charge on any atom is 0.224 e. The number of amides is 1. The number of hydrogen-bond acceptors (Lipinski definition) is 3. The van der Waals surface area contributed by atoms with Gasteiger partial charge in [-0.05, 0) is 30.9 Å². The third-order valence-corrected chi connectivity index (χ3v) is 4.62. The molecule has 0 aromatic heterocycles. The minimum Gasteiger partial charge on any atom is -0.467 e. The molecule has 0 radical (unpaired) electrons. The molecule has 1 aromatic rings. The minimum atomic E-state index is 0.0404. The SMILES string of the molecule is C[C@H]1CCC[C@H](NC(=O)Cc2cc(Cl)cc3c2OCOC3)C1. The number of nitrogens with one attached hydrogen (secondary N) is 1. The average Bonchev–Trinajstić information content (AvgIpc) is 2.47. The monoisotopic (exact) mass is 323 g/mol. The molecule has 0 unspecified atom stereocenters. The molecular weight excluding hydrogens is 302 g/mol. The molecule has 4 nitrogen and oxygen atoms in total. The van der Waals surface area contributed by atoms with E-state index < -0.39 is 0 Å². The van der Waals surface area contributed by atoms with E-state index in [9.17, 15) is 4.79 Å². The van der Waals surface area contributed by atoms with Gasteiger partial charge in [-0.2, -0.15) is 0 Å². The molecule has 5 heteroatoms. The zero-order valence-electron chi connectivity index (χ0n) is 12.9. The largest absolute Gasteiger partial charge is 0.467 e. The van der Waals surface area contributed by atoms with Crippen LogP contribution in [0.15, 0.2) is 12.1 Å². The summed E-state index contributed by atoms with van der Waals surface area (Å²) in [5.74, 6) is 1.49. The summed E-state index contributed by atoms with van der Waals surface area (Å²) < 4.78 is 10.8. The van der Waals surface area contributed by atoms with Crippen LogP contribution < -0.4 is 10.1 Å². The predicted octanol–water partition coefficient (Wildman–Crippen LogP) is 3.44. The molecule has 22 heavy (non-hydrogen) atoms. The Bertz CT molecular complexity index is 561. The van der Waals surface area contributed by atoms with Crippen molar-refractivity contribution in [3.05, 3.63) is 28.3 Å². The summed E-state index contributed by atoms with van der Waals surface area (Å²) >= 11 is 6.13. The molecule has 120 valence electrons. The summed E-state index contributed by atoms with van der Waals surface area (Å²) in [6.45, 7) is 2.95. The van der Waals surface area contributed by atoms with Crippen LogP contribution in [0.1, 0.15) is 43.7 Å². The first-order valence-electron chi connectivity index (χ1n) is 7.93. The fourth-order valence-electron chi connectivity index (χ4n) is 3.40. The molecule has 0 bridgehead atoms. The molecule has 1 heterocycles. The number of carbonyl (C=O) groups is 1. The first-order chi connectivity index (χ1) is 10.6. The quantitative estimate of drug-likeness (QED) is 0.927. The van der Waals surface area contributed by atoms with Crippen LogP contribution in [0.4, 0.5) is 0 Å². The van der Waals surface area contributed by atoms with E-state index in [-0.39, 0.29) is 12.7 Å². The van der Waals surface area contributed by atoms with Gasteiger partial charge in [0.05, 0.1) is 13.0 Å². The summed E-state index contributed by atoms with van der Waals surface area (Å²) in [6.07, 6.45) is 4.91. The fraction of sp³-hybridized carbons (Fsp3) is 0.588. The number of rotatable bonds is 3. The topological polar surface area (TPSA) is 47.6 Å². The van der Waals surface area contributed by atoms with E-state index in [1.807, 2.05) is 12.1 Å². The van der Waals surface area contributed by atoms with Gasteiger partial charge in [0.1, 0.15) is 5.75 Å². The normalized spacial score (nSPS) is 24.3. The Balaban J connectivity index is 1.67. The van der Waals surface area contributed by atoms with E-state index in [0.29, 0.717) is 30.0 Å². The second kappa shape index (κ2) is 6.88. The molecule has 2 atom stereocenters. The second-order valence-electron chi connectivity index (χ2n) is 6.38. The van der Waals surface area contributed by atoms with Gasteiger partial charge in [-0.1, -0.05) is 31.4 Å². The molecule has 3 rings (SSSR count). The Labute approximate surface area is 136 Å². The van der Waals surface area contributed by atoms with Crippen molar-refractivity contribution in [2.24, 2.45) is 5.92 Å². The van der Waals surface area contributed by atoms with Crippen molar-refractivity contribution in [2.75, 3.05) is 6.79 Å². The Morgan fingerprint density at radius 2 is 2.27 bits per heavy atom. The Hall–Kier alpha value is -1.26. The van der Waals surface area contributed by atoms with Crippen LogP contribution >= 0.6 is 11.6 Å². The number of carbonyl (C=O) groups excluding carboxylic acids is 1. The van der Waals surface area contributed by atoms with Crippen LogP contribution in [0.25, 0.3) is 0 Å². The molecular formula is C17H22ClNO3. The average molecular weight is 324 g/mol. The Kier molecular flexibility index (Phi) is 4.89. The molecule has 1 aromatic carbocycles. The van der Waals surface area contributed by atoms with Crippen LogP contribution in [0, 0.1) is 5.92 Å². The molecule has 1 N–H and O–H groups in total. The number of halogens is 1. The van der Waals surface area contributed by atoms with Gasteiger partial charge in [-0.25, -0.2) is 0 Å². The maximum atomic E-state index is 12.3. The van der Waals surface area contributed by atoms with Gasteiger partial charge in [0.25, 0.3) is 0 Å². The fourth-order valence-corrected chi connectivity index (χ4v) is 3.67.